The van der Waals surface area contributed by atoms with E-state index in [2.05, 4.69) is 53.0 Å². The van der Waals surface area contributed by atoms with Gasteiger partial charge in [-0.25, -0.2) is 0 Å². The van der Waals surface area contributed by atoms with Crippen LogP contribution in [0.3, 0.4) is 0 Å². The van der Waals surface area contributed by atoms with Crippen LogP contribution in [0.15, 0.2) is 47.7 Å². The number of hydrogen-bond donors (Lipinski definition) is 4. The number of amidine groups is 1. The zero-order valence-electron chi connectivity index (χ0n) is 18.0. The molecule has 3 aromatic rings. The van der Waals surface area contributed by atoms with Crippen molar-refractivity contribution in [2.45, 2.75) is 58.0 Å². The molecule has 31 heavy (non-hydrogen) atoms. The van der Waals surface area contributed by atoms with E-state index < -0.39 is 0 Å². The molecule has 2 aromatic carbocycles. The van der Waals surface area contributed by atoms with E-state index in [4.69, 9.17) is 0 Å². The van der Waals surface area contributed by atoms with Crippen LogP contribution in [0.4, 0.5) is 5.69 Å². The number of rotatable bonds is 8. The Bertz CT molecular complexity index is 1110. The molecule has 7 heteroatoms. The summed E-state index contributed by atoms with van der Waals surface area (Å²) in [6, 6.07) is 11.5. The predicted molar refractivity (Wildman–Crippen MR) is 130 cm³/mol. The highest BCUT2D eigenvalue weighted by Crippen LogP contribution is 2.36. The van der Waals surface area contributed by atoms with Gasteiger partial charge in [0.15, 0.2) is 11.3 Å². The molecular weight excluding hydrogens is 408 g/mol. The Morgan fingerprint density at radius 2 is 1.90 bits per heavy atom. The first-order chi connectivity index (χ1) is 15.0. The number of unbranched alkanes of at least 4 members (excludes halogenated alkanes) is 3. The van der Waals surface area contributed by atoms with E-state index in [1.54, 1.807) is 6.07 Å². The highest BCUT2D eigenvalue weighted by atomic mass is 32.1. The number of phenolic OH excluding ortho intramolecular Hbond substituents is 2. The van der Waals surface area contributed by atoms with Gasteiger partial charge in [0.05, 0.1) is 16.8 Å². The second-order valence-corrected chi connectivity index (χ2v) is 8.43. The maximum Gasteiger partial charge on any atom is 0.166 e. The first kappa shape index (κ1) is 21.4. The molecular formula is C24H30N4O2S. The third-order valence-corrected chi connectivity index (χ3v) is 6.23. The van der Waals surface area contributed by atoms with Crippen LogP contribution in [0.1, 0.15) is 50.7 Å². The third-order valence-electron chi connectivity index (χ3n) is 5.88. The Labute approximate surface area is 188 Å². The van der Waals surface area contributed by atoms with Crippen molar-refractivity contribution in [1.29, 1.82) is 0 Å². The summed E-state index contributed by atoms with van der Waals surface area (Å²) in [5.41, 5.74) is 6.11. The molecule has 1 unspecified atom stereocenters. The summed E-state index contributed by atoms with van der Waals surface area (Å²) in [6.07, 6.45) is 7.69. The van der Waals surface area contributed by atoms with Gasteiger partial charge in [-0.05, 0) is 42.7 Å². The van der Waals surface area contributed by atoms with Crippen LogP contribution >= 0.6 is 12.6 Å². The molecule has 1 aliphatic rings. The van der Waals surface area contributed by atoms with Crippen molar-refractivity contribution in [3.05, 3.63) is 53.7 Å². The van der Waals surface area contributed by atoms with Gasteiger partial charge in [-0.2, -0.15) is 5.10 Å². The molecule has 6 nitrogen and oxygen atoms in total. The summed E-state index contributed by atoms with van der Waals surface area (Å²) in [5.74, 6) is 0.658. The van der Waals surface area contributed by atoms with E-state index >= 15 is 0 Å². The Morgan fingerprint density at radius 1 is 1.06 bits per heavy atom. The number of anilines is 1. The monoisotopic (exact) mass is 438 g/mol. The minimum atomic E-state index is -0.369. The van der Waals surface area contributed by atoms with Crippen LogP contribution in [0.5, 0.6) is 11.5 Å². The number of aromatic nitrogens is 1. The molecule has 2 heterocycles. The van der Waals surface area contributed by atoms with Crippen LogP contribution in [-0.2, 0) is 13.0 Å². The number of nitrogens with zero attached hydrogens (tertiary/aromatic N) is 3. The van der Waals surface area contributed by atoms with E-state index in [0.29, 0.717) is 17.8 Å². The van der Waals surface area contributed by atoms with Gasteiger partial charge in [0, 0.05) is 24.2 Å². The molecule has 0 radical (unpaired) electrons. The lowest BCUT2D eigenvalue weighted by Crippen LogP contribution is -2.36. The van der Waals surface area contributed by atoms with Crippen LogP contribution in [0.25, 0.3) is 10.9 Å². The first-order valence-corrected chi connectivity index (χ1v) is 11.5. The van der Waals surface area contributed by atoms with E-state index in [9.17, 15) is 10.2 Å². The van der Waals surface area contributed by atoms with Crippen molar-refractivity contribution in [1.82, 2.24) is 9.99 Å². The minimum absolute atomic E-state index is 0.0108. The van der Waals surface area contributed by atoms with Gasteiger partial charge in [-0.1, -0.05) is 39.2 Å². The fraction of sp³-hybridized carbons (Fsp3) is 0.375. The van der Waals surface area contributed by atoms with Gasteiger partial charge in [0.2, 0.25) is 0 Å². The largest absolute Gasteiger partial charge is 0.508 e. The average Bonchev–Trinajstić information content (AvgIpc) is 3.35. The fourth-order valence-electron chi connectivity index (χ4n) is 4.19. The molecule has 0 spiro atoms. The maximum absolute atomic E-state index is 10.6. The molecule has 3 N–H and O–H groups in total. The van der Waals surface area contributed by atoms with Crippen molar-refractivity contribution in [2.75, 3.05) is 4.90 Å². The van der Waals surface area contributed by atoms with Crippen molar-refractivity contribution in [3.63, 3.8) is 0 Å². The van der Waals surface area contributed by atoms with Crippen LogP contribution in [0, 0.1) is 0 Å². The lowest BCUT2D eigenvalue weighted by atomic mass is 10.0. The Kier molecular flexibility index (Phi) is 6.32. The molecule has 1 aromatic heterocycles. The fourth-order valence-corrected chi connectivity index (χ4v) is 4.48. The Morgan fingerprint density at radius 3 is 2.68 bits per heavy atom. The molecule has 164 valence electrons. The smallest absolute Gasteiger partial charge is 0.166 e. The van der Waals surface area contributed by atoms with Crippen molar-refractivity contribution in [3.8, 4) is 11.5 Å². The SMILES string of the molecule is CCCCCCn1ccc2c(N3C(c4cc(CC)c(O)cc4O)=NNC3S)cccc21. The van der Waals surface area contributed by atoms with E-state index in [1.807, 2.05) is 24.0 Å². The minimum Gasteiger partial charge on any atom is -0.508 e. The third kappa shape index (κ3) is 4.06. The number of fused-ring (bicyclic) bond motifs is 1. The maximum atomic E-state index is 10.6. The summed E-state index contributed by atoms with van der Waals surface area (Å²) in [5, 5.41) is 26.2. The molecule has 0 aliphatic carbocycles. The van der Waals surface area contributed by atoms with Gasteiger partial charge in [0.25, 0.3) is 0 Å². The van der Waals surface area contributed by atoms with Gasteiger partial charge < -0.3 is 14.8 Å². The highest BCUT2D eigenvalue weighted by molar-refractivity contribution is 7.81. The van der Waals surface area contributed by atoms with Gasteiger partial charge in [0.1, 0.15) is 11.5 Å². The Hall–Kier alpha value is -2.80. The summed E-state index contributed by atoms with van der Waals surface area (Å²) < 4.78 is 2.30. The number of benzene rings is 2. The van der Waals surface area contributed by atoms with Gasteiger partial charge in [-0.15, -0.1) is 12.6 Å². The highest BCUT2D eigenvalue weighted by Gasteiger charge is 2.31. The van der Waals surface area contributed by atoms with Crippen LogP contribution in [0.2, 0.25) is 0 Å². The second kappa shape index (κ2) is 9.14. The summed E-state index contributed by atoms with van der Waals surface area (Å²) in [6.45, 7) is 5.19. The zero-order chi connectivity index (χ0) is 22.0. The number of nitrogens with one attached hydrogen (secondary N) is 1. The number of thiol groups is 1. The second-order valence-electron chi connectivity index (χ2n) is 7.94. The van der Waals surface area contributed by atoms with Crippen molar-refractivity contribution < 1.29 is 10.2 Å². The number of aryl methyl sites for hydroxylation is 2. The molecule has 0 bridgehead atoms. The number of aromatic hydroxyl groups is 2. The first-order valence-electron chi connectivity index (χ1n) is 11.0. The molecule has 0 saturated carbocycles. The summed E-state index contributed by atoms with van der Waals surface area (Å²) in [7, 11) is 0. The lowest BCUT2D eigenvalue weighted by Gasteiger charge is -2.25. The average molecular weight is 439 g/mol. The van der Waals surface area contributed by atoms with Crippen molar-refractivity contribution in [2.24, 2.45) is 5.10 Å². The van der Waals surface area contributed by atoms with Gasteiger partial charge in [-0.3, -0.25) is 10.3 Å². The standard InChI is InChI=1S/C24H30N4O2S/c1-3-5-6-7-12-27-13-11-17-19(27)9-8-10-20(17)28-23(25-26-24(28)31)18-14-16(4-2)21(29)15-22(18)30/h8-11,13-15,24,26,29-31H,3-7,12H2,1-2H3. The van der Waals surface area contributed by atoms with Gasteiger partial charge >= 0.3 is 0 Å². The van der Waals surface area contributed by atoms with Crippen LogP contribution < -0.4 is 10.3 Å². The number of hydrogen-bond acceptors (Lipinski definition) is 6. The lowest BCUT2D eigenvalue weighted by molar-refractivity contribution is 0.445. The molecule has 0 fully saturated rings. The quantitative estimate of drug-likeness (QED) is 0.289. The molecule has 4 rings (SSSR count). The number of phenols is 2. The normalized spacial score (nSPS) is 16.0. The van der Waals surface area contributed by atoms with E-state index in [0.717, 1.165) is 29.6 Å². The predicted octanol–water partition coefficient (Wildman–Crippen LogP) is 5.18. The molecule has 0 amide bonds. The summed E-state index contributed by atoms with van der Waals surface area (Å²) in [4.78, 5) is 1.98. The Balaban J connectivity index is 1.71. The molecule has 1 atom stereocenters. The van der Waals surface area contributed by atoms with E-state index in [1.165, 1.54) is 30.8 Å². The zero-order valence-corrected chi connectivity index (χ0v) is 18.9. The summed E-state index contributed by atoms with van der Waals surface area (Å²) >= 11 is 4.69. The number of hydrazone groups is 1. The van der Waals surface area contributed by atoms with Crippen LogP contribution in [-0.4, -0.2) is 26.1 Å². The van der Waals surface area contributed by atoms with E-state index in [-0.39, 0.29) is 17.0 Å². The molecule has 1 aliphatic heterocycles. The topological polar surface area (TPSA) is 73.0 Å². The van der Waals surface area contributed by atoms with Crippen molar-refractivity contribution >= 4 is 35.1 Å². The molecule has 0 saturated heterocycles.